The van der Waals surface area contributed by atoms with E-state index in [2.05, 4.69) is 40.6 Å². The fourth-order valence-electron chi connectivity index (χ4n) is 4.04. The number of nitrogens with zero attached hydrogens (tertiary/aromatic N) is 1. The van der Waals surface area contributed by atoms with Crippen molar-refractivity contribution in [3.63, 3.8) is 0 Å². The van der Waals surface area contributed by atoms with Gasteiger partial charge in [0.2, 0.25) is 5.91 Å². The minimum absolute atomic E-state index is 0.0529. The number of fused-ring (bicyclic) bond motifs is 1. The number of para-hydroxylation sites is 1. The molecule has 0 saturated heterocycles. The Labute approximate surface area is 208 Å². The van der Waals surface area contributed by atoms with Gasteiger partial charge in [-0.2, -0.15) is 0 Å². The van der Waals surface area contributed by atoms with Crippen LogP contribution in [-0.2, 0) is 4.79 Å². The molecule has 4 rings (SSSR count). The standard InChI is InChI=1S/C28H28FN3O2S/c1-18(33)20-10-13-27(25(29)14-20)35-17-28(34)31-15-23(19-8-11-21(12-9-19)32(2)3)24-16-30-26-7-5-4-6-22(24)26/h4-14,16,23,30H,15,17H2,1-3H3,(H,31,34). The highest BCUT2D eigenvalue weighted by atomic mass is 32.2. The number of hydrogen-bond acceptors (Lipinski definition) is 4. The van der Waals surface area contributed by atoms with Gasteiger partial charge >= 0.3 is 0 Å². The summed E-state index contributed by atoms with van der Waals surface area (Å²) in [6.07, 6.45) is 2.00. The van der Waals surface area contributed by atoms with Crippen LogP contribution in [0.5, 0.6) is 0 Å². The van der Waals surface area contributed by atoms with Gasteiger partial charge in [0.05, 0.1) is 5.75 Å². The molecule has 0 saturated carbocycles. The third-order valence-electron chi connectivity index (χ3n) is 6.01. The molecule has 1 amide bonds. The number of amides is 1. The van der Waals surface area contributed by atoms with E-state index < -0.39 is 5.82 Å². The Kier molecular flexibility index (Phi) is 7.56. The quantitative estimate of drug-likeness (QED) is 0.237. The van der Waals surface area contributed by atoms with Crippen LogP contribution in [0.1, 0.15) is 34.3 Å². The first kappa shape index (κ1) is 24.5. The lowest BCUT2D eigenvalue weighted by atomic mass is 9.90. The summed E-state index contributed by atoms with van der Waals surface area (Å²) in [6, 6.07) is 20.8. The summed E-state index contributed by atoms with van der Waals surface area (Å²) in [6.45, 7) is 1.81. The highest BCUT2D eigenvalue weighted by Gasteiger charge is 2.20. The smallest absolute Gasteiger partial charge is 0.230 e. The molecule has 1 atom stereocenters. The number of ketones is 1. The van der Waals surface area contributed by atoms with Crippen LogP contribution < -0.4 is 10.2 Å². The van der Waals surface area contributed by atoms with Crippen molar-refractivity contribution in [1.82, 2.24) is 10.3 Å². The van der Waals surface area contributed by atoms with Crippen molar-refractivity contribution in [2.24, 2.45) is 0 Å². The summed E-state index contributed by atoms with van der Waals surface area (Å²) in [5.41, 5.74) is 4.67. The Morgan fingerprint density at radius 3 is 2.49 bits per heavy atom. The third-order valence-corrected chi connectivity index (χ3v) is 7.06. The largest absolute Gasteiger partial charge is 0.378 e. The van der Waals surface area contributed by atoms with E-state index in [9.17, 15) is 14.0 Å². The molecule has 0 radical (unpaired) electrons. The molecule has 1 unspecified atom stereocenters. The second kappa shape index (κ2) is 10.8. The van der Waals surface area contributed by atoms with Gasteiger partial charge in [0.15, 0.2) is 5.78 Å². The number of hydrogen-bond donors (Lipinski definition) is 2. The molecule has 0 bridgehead atoms. The van der Waals surface area contributed by atoms with Crippen molar-refractivity contribution in [3.05, 3.63) is 95.4 Å². The van der Waals surface area contributed by atoms with E-state index >= 15 is 0 Å². The highest BCUT2D eigenvalue weighted by molar-refractivity contribution is 8.00. The number of Topliss-reactive ketones (excluding diaryl/α,β-unsaturated/α-hetero) is 1. The summed E-state index contributed by atoms with van der Waals surface area (Å²) >= 11 is 1.12. The van der Waals surface area contributed by atoms with E-state index in [-0.39, 0.29) is 23.4 Å². The Bertz CT molecular complexity index is 1350. The van der Waals surface area contributed by atoms with Crippen molar-refractivity contribution in [1.29, 1.82) is 0 Å². The molecular weight excluding hydrogens is 461 g/mol. The van der Waals surface area contributed by atoms with Crippen molar-refractivity contribution in [2.45, 2.75) is 17.7 Å². The molecule has 0 aliphatic carbocycles. The van der Waals surface area contributed by atoms with Crippen LogP contribution in [0, 0.1) is 5.82 Å². The fraction of sp³-hybridized carbons (Fsp3) is 0.214. The van der Waals surface area contributed by atoms with E-state index in [1.807, 2.05) is 43.4 Å². The summed E-state index contributed by atoms with van der Waals surface area (Å²) in [4.78, 5) is 29.8. The summed E-state index contributed by atoms with van der Waals surface area (Å²) in [5, 5.41) is 4.15. The molecule has 180 valence electrons. The fourth-order valence-corrected chi connectivity index (χ4v) is 4.79. The molecule has 0 fully saturated rings. The molecule has 5 nitrogen and oxygen atoms in total. The van der Waals surface area contributed by atoms with Crippen molar-refractivity contribution in [2.75, 3.05) is 31.3 Å². The van der Waals surface area contributed by atoms with E-state index in [1.165, 1.54) is 13.0 Å². The molecule has 0 aliphatic rings. The normalized spacial score (nSPS) is 11.9. The average molecular weight is 490 g/mol. The van der Waals surface area contributed by atoms with Gasteiger partial charge in [-0.1, -0.05) is 36.4 Å². The second-order valence-electron chi connectivity index (χ2n) is 8.62. The summed E-state index contributed by atoms with van der Waals surface area (Å²) < 4.78 is 14.3. The number of rotatable bonds is 9. The first-order chi connectivity index (χ1) is 16.8. The number of H-pyrrole nitrogens is 1. The highest BCUT2D eigenvalue weighted by Crippen LogP contribution is 2.31. The van der Waals surface area contributed by atoms with Gasteiger partial charge in [-0.3, -0.25) is 9.59 Å². The van der Waals surface area contributed by atoms with Crippen LogP contribution in [0.25, 0.3) is 10.9 Å². The first-order valence-corrected chi connectivity index (χ1v) is 12.4. The first-order valence-electron chi connectivity index (χ1n) is 11.4. The predicted molar refractivity (Wildman–Crippen MR) is 141 cm³/mol. The maximum atomic E-state index is 14.3. The van der Waals surface area contributed by atoms with Crippen LogP contribution in [0.15, 0.2) is 77.8 Å². The zero-order valence-corrected chi connectivity index (χ0v) is 20.8. The molecular formula is C28H28FN3O2S. The minimum atomic E-state index is -0.492. The molecule has 35 heavy (non-hydrogen) atoms. The Morgan fingerprint density at radius 1 is 1.06 bits per heavy atom. The maximum Gasteiger partial charge on any atom is 0.230 e. The maximum absolute atomic E-state index is 14.3. The summed E-state index contributed by atoms with van der Waals surface area (Å²) in [5.74, 6) is -0.841. The van der Waals surface area contributed by atoms with Crippen LogP contribution in [-0.4, -0.2) is 43.1 Å². The molecule has 7 heteroatoms. The van der Waals surface area contributed by atoms with E-state index in [1.54, 1.807) is 12.1 Å². The van der Waals surface area contributed by atoms with E-state index in [0.717, 1.165) is 39.5 Å². The topological polar surface area (TPSA) is 65.2 Å². The van der Waals surface area contributed by atoms with Gasteiger partial charge in [0.25, 0.3) is 0 Å². The Balaban J connectivity index is 1.49. The summed E-state index contributed by atoms with van der Waals surface area (Å²) in [7, 11) is 4.00. The number of benzene rings is 3. The van der Waals surface area contributed by atoms with Gasteiger partial charge in [0.1, 0.15) is 5.82 Å². The van der Waals surface area contributed by atoms with Gasteiger partial charge < -0.3 is 15.2 Å². The van der Waals surface area contributed by atoms with Crippen LogP contribution in [0.2, 0.25) is 0 Å². The van der Waals surface area contributed by atoms with Crippen molar-refractivity contribution in [3.8, 4) is 0 Å². The molecule has 2 N–H and O–H groups in total. The van der Waals surface area contributed by atoms with Gasteiger partial charge in [0, 0.05) is 59.8 Å². The number of anilines is 1. The number of carbonyl (C=O) groups excluding carboxylic acids is 2. The molecule has 0 aliphatic heterocycles. The average Bonchev–Trinajstić information content (AvgIpc) is 3.27. The number of thioether (sulfide) groups is 1. The van der Waals surface area contributed by atoms with Gasteiger partial charge in [-0.05, 0) is 48.4 Å². The molecule has 3 aromatic carbocycles. The monoisotopic (exact) mass is 489 g/mol. The lowest BCUT2D eigenvalue weighted by Crippen LogP contribution is -2.30. The van der Waals surface area contributed by atoms with E-state index in [4.69, 9.17) is 0 Å². The lowest BCUT2D eigenvalue weighted by molar-refractivity contribution is -0.118. The van der Waals surface area contributed by atoms with Crippen molar-refractivity contribution < 1.29 is 14.0 Å². The lowest BCUT2D eigenvalue weighted by Gasteiger charge is -2.20. The molecule has 1 heterocycles. The number of carbonyl (C=O) groups is 2. The molecule has 4 aromatic rings. The number of halogens is 1. The van der Waals surface area contributed by atoms with Crippen LogP contribution in [0.4, 0.5) is 10.1 Å². The number of nitrogens with one attached hydrogen (secondary N) is 2. The molecule has 0 spiro atoms. The SMILES string of the molecule is CC(=O)c1ccc(SCC(=O)NCC(c2ccc(N(C)C)cc2)c2c[nH]c3ccccc23)c(F)c1. The van der Waals surface area contributed by atoms with Crippen molar-refractivity contribution >= 4 is 40.0 Å². The van der Waals surface area contributed by atoms with Crippen LogP contribution >= 0.6 is 11.8 Å². The Hall–Kier alpha value is -3.58. The van der Waals surface area contributed by atoms with Gasteiger partial charge in [-0.25, -0.2) is 4.39 Å². The number of aromatic nitrogens is 1. The minimum Gasteiger partial charge on any atom is -0.378 e. The molecule has 1 aromatic heterocycles. The zero-order chi connectivity index (χ0) is 24.9. The zero-order valence-electron chi connectivity index (χ0n) is 20.0. The second-order valence-corrected chi connectivity index (χ2v) is 9.64. The predicted octanol–water partition coefficient (Wildman–Crippen LogP) is 5.62. The Morgan fingerprint density at radius 2 is 1.80 bits per heavy atom. The number of aromatic amines is 1. The van der Waals surface area contributed by atoms with E-state index in [0.29, 0.717) is 17.0 Å². The third kappa shape index (κ3) is 5.74. The van der Waals surface area contributed by atoms with Gasteiger partial charge in [-0.15, -0.1) is 11.8 Å². The van der Waals surface area contributed by atoms with Crippen LogP contribution in [0.3, 0.4) is 0 Å².